The van der Waals surface area contributed by atoms with Crippen LogP contribution < -0.4 is 20.8 Å². The van der Waals surface area contributed by atoms with Gasteiger partial charge in [0.25, 0.3) is 11.8 Å². The monoisotopic (exact) mass is 434 g/mol. The Hall–Kier alpha value is -4.05. The van der Waals surface area contributed by atoms with Crippen molar-refractivity contribution in [2.24, 2.45) is 5.73 Å². The number of primary amides is 1. The molecule has 5 rings (SSSR count). The summed E-state index contributed by atoms with van der Waals surface area (Å²) in [5, 5.41) is 8.59. The highest BCUT2D eigenvalue weighted by Crippen LogP contribution is 2.41. The first kappa shape index (κ1) is 18.9. The topological polar surface area (TPSA) is 129 Å². The van der Waals surface area contributed by atoms with Crippen molar-refractivity contribution in [3.05, 3.63) is 81.2 Å². The highest BCUT2D eigenvalue weighted by atomic mass is 32.1. The molecular formula is C21H14N4O5S. The zero-order valence-electron chi connectivity index (χ0n) is 15.8. The molecule has 9 nitrogen and oxygen atoms in total. The maximum Gasteiger partial charge on any atom is 0.297 e. The number of rotatable bonds is 5. The second kappa shape index (κ2) is 7.33. The van der Waals surface area contributed by atoms with Gasteiger partial charge in [-0.25, -0.2) is 0 Å². The van der Waals surface area contributed by atoms with Crippen molar-refractivity contribution in [1.29, 1.82) is 0 Å². The van der Waals surface area contributed by atoms with E-state index >= 15 is 0 Å². The van der Waals surface area contributed by atoms with Crippen molar-refractivity contribution in [2.75, 3.05) is 11.5 Å². The predicted molar refractivity (Wildman–Crippen MR) is 112 cm³/mol. The quantitative estimate of drug-likeness (QED) is 0.510. The van der Waals surface area contributed by atoms with Gasteiger partial charge in [-0.2, -0.15) is 0 Å². The van der Waals surface area contributed by atoms with Crippen molar-refractivity contribution in [1.82, 2.24) is 10.2 Å². The van der Waals surface area contributed by atoms with Crippen LogP contribution >= 0.6 is 11.3 Å². The van der Waals surface area contributed by atoms with Gasteiger partial charge in [0.15, 0.2) is 12.0 Å². The number of amides is 2. The van der Waals surface area contributed by atoms with Gasteiger partial charge >= 0.3 is 0 Å². The third-order valence-electron chi connectivity index (χ3n) is 4.91. The van der Waals surface area contributed by atoms with E-state index in [9.17, 15) is 14.4 Å². The molecule has 4 aromatic rings. The highest BCUT2D eigenvalue weighted by molar-refractivity contribution is 7.13. The molecule has 0 saturated carbocycles. The molecule has 0 bridgehead atoms. The van der Waals surface area contributed by atoms with Gasteiger partial charge in [-0.05, 0) is 29.8 Å². The molecule has 0 unspecified atom stereocenters. The van der Waals surface area contributed by atoms with Gasteiger partial charge in [0, 0.05) is 0 Å². The van der Waals surface area contributed by atoms with Gasteiger partial charge in [0.1, 0.15) is 16.8 Å². The maximum absolute atomic E-state index is 13.4. The third-order valence-corrected chi connectivity index (χ3v) is 5.60. The van der Waals surface area contributed by atoms with Crippen LogP contribution in [-0.4, -0.2) is 28.6 Å². The fourth-order valence-electron chi connectivity index (χ4n) is 3.61. The first-order chi connectivity index (χ1) is 15.0. The van der Waals surface area contributed by atoms with Crippen molar-refractivity contribution >= 4 is 39.3 Å². The number of para-hydroxylation sites is 1. The van der Waals surface area contributed by atoms with Crippen LogP contribution in [0.2, 0.25) is 0 Å². The molecule has 2 amide bonds. The number of benzene rings is 2. The second-order valence-corrected chi connectivity index (χ2v) is 7.60. The van der Waals surface area contributed by atoms with Crippen LogP contribution in [0.15, 0.2) is 63.3 Å². The Morgan fingerprint density at radius 3 is 2.65 bits per heavy atom. The van der Waals surface area contributed by atoms with E-state index in [1.54, 1.807) is 48.5 Å². The van der Waals surface area contributed by atoms with Crippen LogP contribution in [0.4, 0.5) is 5.13 Å². The Morgan fingerprint density at radius 1 is 1.16 bits per heavy atom. The summed E-state index contributed by atoms with van der Waals surface area (Å²) in [5.41, 5.74) is 7.57. The fraction of sp³-hybridized carbons (Fsp3) is 0.0952. The fourth-order valence-corrected chi connectivity index (χ4v) is 4.19. The number of fused-ring (bicyclic) bond motifs is 2. The van der Waals surface area contributed by atoms with Gasteiger partial charge in [0.2, 0.25) is 10.9 Å². The summed E-state index contributed by atoms with van der Waals surface area (Å²) in [7, 11) is 0. The van der Waals surface area contributed by atoms with E-state index < -0.39 is 17.9 Å². The third kappa shape index (κ3) is 3.13. The van der Waals surface area contributed by atoms with Gasteiger partial charge in [-0.1, -0.05) is 35.6 Å². The summed E-state index contributed by atoms with van der Waals surface area (Å²) in [4.78, 5) is 39.0. The number of nitrogens with zero attached hydrogens (tertiary/aromatic N) is 3. The average molecular weight is 434 g/mol. The Bertz CT molecular complexity index is 1370. The van der Waals surface area contributed by atoms with E-state index in [2.05, 4.69) is 10.2 Å². The minimum atomic E-state index is -0.749. The van der Waals surface area contributed by atoms with Gasteiger partial charge < -0.3 is 14.9 Å². The van der Waals surface area contributed by atoms with Crippen molar-refractivity contribution in [3.63, 3.8) is 0 Å². The van der Waals surface area contributed by atoms with Crippen LogP contribution in [0.5, 0.6) is 5.75 Å². The van der Waals surface area contributed by atoms with Crippen LogP contribution in [0.3, 0.4) is 0 Å². The van der Waals surface area contributed by atoms with E-state index in [4.69, 9.17) is 14.9 Å². The molecule has 154 valence electrons. The number of anilines is 1. The molecule has 2 aromatic heterocycles. The lowest BCUT2D eigenvalue weighted by Gasteiger charge is -2.22. The second-order valence-electron chi connectivity index (χ2n) is 6.79. The molecule has 2 N–H and O–H groups in total. The molecule has 10 heteroatoms. The molecule has 0 aliphatic carbocycles. The largest absolute Gasteiger partial charge is 0.484 e. The SMILES string of the molecule is NC(=O)COc1ccc([C@H]2c3c(oc4ccccc4c3=O)C(=O)N2c2nncs2)cc1. The van der Waals surface area contributed by atoms with Crippen LogP contribution in [0.1, 0.15) is 27.7 Å². The first-order valence-electron chi connectivity index (χ1n) is 9.21. The lowest BCUT2D eigenvalue weighted by atomic mass is 9.98. The summed E-state index contributed by atoms with van der Waals surface area (Å²) in [6.45, 7) is -0.253. The Labute approximate surface area is 178 Å². The first-order valence-corrected chi connectivity index (χ1v) is 10.1. The summed E-state index contributed by atoms with van der Waals surface area (Å²) in [6, 6.07) is 12.8. The van der Waals surface area contributed by atoms with Crippen LogP contribution in [-0.2, 0) is 4.79 Å². The van der Waals surface area contributed by atoms with Crippen molar-refractivity contribution < 1.29 is 18.7 Å². The number of aromatic nitrogens is 2. The number of nitrogens with two attached hydrogens (primary N) is 1. The number of carbonyl (C=O) groups is 2. The molecule has 0 radical (unpaired) electrons. The average Bonchev–Trinajstić information content (AvgIpc) is 3.40. The zero-order chi connectivity index (χ0) is 21.5. The van der Waals surface area contributed by atoms with Gasteiger partial charge in [0.05, 0.1) is 17.0 Å². The summed E-state index contributed by atoms with van der Waals surface area (Å²) in [6.07, 6.45) is 0. The number of carbonyl (C=O) groups excluding carboxylic acids is 2. The van der Waals surface area contributed by atoms with E-state index in [1.807, 2.05) is 0 Å². The molecular weight excluding hydrogens is 420 g/mol. The van der Waals surface area contributed by atoms with E-state index in [1.165, 1.54) is 21.7 Å². The normalized spacial score (nSPS) is 15.3. The van der Waals surface area contributed by atoms with Crippen molar-refractivity contribution in [2.45, 2.75) is 6.04 Å². The van der Waals surface area contributed by atoms with Crippen molar-refractivity contribution in [3.8, 4) is 5.75 Å². The molecule has 3 heterocycles. The van der Waals surface area contributed by atoms with E-state index in [0.717, 1.165) is 0 Å². The van der Waals surface area contributed by atoms with Crippen LogP contribution in [0, 0.1) is 0 Å². The number of hydrogen-bond donors (Lipinski definition) is 1. The minimum absolute atomic E-state index is 0.0158. The molecule has 1 aliphatic rings. The minimum Gasteiger partial charge on any atom is -0.484 e. The molecule has 0 spiro atoms. The zero-order valence-corrected chi connectivity index (χ0v) is 16.7. The maximum atomic E-state index is 13.4. The molecule has 1 aliphatic heterocycles. The number of ether oxygens (including phenoxy) is 1. The van der Waals surface area contributed by atoms with E-state index in [0.29, 0.717) is 27.4 Å². The Balaban J connectivity index is 1.67. The standard InChI is InChI=1S/C21H14N4O5S/c22-15(26)9-29-12-7-5-11(6-8-12)17-16-18(27)13-3-1-2-4-14(13)30-19(16)20(28)25(17)21-24-23-10-31-21/h1-8,10,17H,9H2,(H2,22,26)/t17-/m0/s1. The Morgan fingerprint density at radius 2 is 1.94 bits per heavy atom. The van der Waals surface area contributed by atoms with E-state index in [-0.39, 0.29) is 23.4 Å². The smallest absolute Gasteiger partial charge is 0.297 e. The highest BCUT2D eigenvalue weighted by Gasteiger charge is 2.44. The molecule has 31 heavy (non-hydrogen) atoms. The predicted octanol–water partition coefficient (Wildman–Crippen LogP) is 2.26. The van der Waals surface area contributed by atoms with Crippen LogP contribution in [0.25, 0.3) is 11.0 Å². The lowest BCUT2D eigenvalue weighted by Crippen LogP contribution is -2.29. The summed E-state index contributed by atoms with van der Waals surface area (Å²) < 4.78 is 11.2. The molecule has 2 aromatic carbocycles. The summed E-state index contributed by atoms with van der Waals surface area (Å²) >= 11 is 1.18. The van der Waals surface area contributed by atoms with Gasteiger partial charge in [-0.3, -0.25) is 19.3 Å². The molecule has 0 saturated heterocycles. The number of hydrogen-bond acceptors (Lipinski definition) is 8. The van der Waals surface area contributed by atoms with Gasteiger partial charge in [-0.15, -0.1) is 10.2 Å². The lowest BCUT2D eigenvalue weighted by molar-refractivity contribution is -0.119. The molecule has 1 atom stereocenters. The Kier molecular flexibility index (Phi) is 4.48. The molecule has 0 fully saturated rings. The summed E-state index contributed by atoms with van der Waals surface area (Å²) in [5.74, 6) is -0.641.